The number of aliphatic hydroxyl groups excluding tert-OH is 9. The Morgan fingerprint density at radius 2 is 1.00 bits per heavy atom. The predicted molar refractivity (Wildman–Crippen MR) is 257 cm³/mol. The van der Waals surface area contributed by atoms with Crippen molar-refractivity contribution in [3.8, 4) is 0 Å². The summed E-state index contributed by atoms with van der Waals surface area (Å²) in [6, 6.07) is 0. The van der Waals surface area contributed by atoms with Crippen LogP contribution in [0.3, 0.4) is 0 Å². The average molecular weight is 1480 g/mol. The molecule has 5 radical (unpaired) electrons. The average Bonchev–Trinajstić information content (AvgIpc) is 3.13. The van der Waals surface area contributed by atoms with Crippen molar-refractivity contribution in [2.75, 3.05) is 26.4 Å². The summed E-state index contributed by atoms with van der Waals surface area (Å²) >= 11 is 0. The van der Waals surface area contributed by atoms with Crippen molar-refractivity contribution >= 4 is 35.3 Å². The minimum absolute atomic E-state index is 0. The van der Waals surface area contributed by atoms with E-state index in [4.69, 9.17) is 64.5 Å². The van der Waals surface area contributed by atoms with Gasteiger partial charge in [-0.15, -0.1) is 0 Å². The molecule has 74 heavy (non-hydrogen) atoms. The van der Waals surface area contributed by atoms with Gasteiger partial charge in [0.15, 0.2) is 0 Å². The minimum atomic E-state index is -4.77. The molecule has 0 aromatic carbocycles. The molecule has 2 aliphatic heterocycles. The van der Waals surface area contributed by atoms with Crippen molar-refractivity contribution in [2.24, 2.45) is 45.3 Å². The Morgan fingerprint density at radius 3 is 1.26 bits per heavy atom. The molecular formula is C45H94O23SY5-2. The van der Waals surface area contributed by atoms with Crippen LogP contribution in [0.25, 0.3) is 0 Å². The van der Waals surface area contributed by atoms with Crippen LogP contribution in [0.1, 0.15) is 126 Å². The van der Waals surface area contributed by atoms with E-state index in [0.717, 1.165) is 0 Å². The van der Waals surface area contributed by atoms with E-state index >= 15 is 0 Å². The first-order chi connectivity index (χ1) is 29.3. The zero-order valence-electron chi connectivity index (χ0n) is 42.2. The summed E-state index contributed by atoms with van der Waals surface area (Å²) < 4.78 is 44.9. The van der Waals surface area contributed by atoms with E-state index in [2.05, 4.69) is 10.4 Å². The third-order valence-electron chi connectivity index (χ3n) is 9.85. The van der Waals surface area contributed by atoms with Crippen molar-refractivity contribution in [3.05, 3.63) is 18.9 Å². The molecule has 12 atom stereocenters. The number of carbonyl (C=O) groups is 4. The monoisotopic (exact) mass is 1480 g/mol. The zero-order chi connectivity index (χ0) is 52.5. The zero-order valence-corrected chi connectivity index (χ0v) is 57.2. The Bertz CT molecular complexity index is 1470. The minimum Gasteiger partial charge on any atom is -0.689 e. The van der Waals surface area contributed by atoms with E-state index in [-0.39, 0.29) is 248 Å². The molecule has 2 heterocycles. The molecule has 0 saturated carbocycles. The first-order valence-corrected chi connectivity index (χ1v) is 21.5. The SMILES string of the molecule is C.C.C.C.CC(C)(C)C(CC(CO)C(=O)O)C(CO)OS(=O)(=O)O.CC(C)(C)C(CO)CC(CO)C(=O)O.CC(C)(C)[C@@H]1O[C-]=C[C@@H](O)C1O.CC(C)(C)[C@@H]1O[CH-][C@@H](O)[C@@H](O)C1O.O=CO.O=CO.[Y].[Y].[Y].[Y].[Y]. The number of aliphatic carboxylic acids is 2. The van der Waals surface area contributed by atoms with Gasteiger partial charge in [-0.05, 0) is 52.4 Å². The second-order valence-electron chi connectivity index (χ2n) is 19.3. The summed E-state index contributed by atoms with van der Waals surface area (Å²) in [6.07, 6.45) is -3.16. The van der Waals surface area contributed by atoms with Gasteiger partial charge in [-0.25, -0.2) is 10.3 Å². The number of carboxylic acids is 2. The Kier molecular flexibility index (Phi) is 78.0. The Balaban J connectivity index is -0.0000000572. The van der Waals surface area contributed by atoms with Gasteiger partial charge in [0.2, 0.25) is 0 Å². The topological polar surface area (TPSA) is 413 Å². The largest absolute Gasteiger partial charge is 0.689 e. The molecule has 435 valence electrons. The molecule has 0 bridgehead atoms. The summed E-state index contributed by atoms with van der Waals surface area (Å²) in [5, 5.41) is 115. The van der Waals surface area contributed by atoms with Crippen LogP contribution in [0.5, 0.6) is 0 Å². The van der Waals surface area contributed by atoms with Gasteiger partial charge in [0.05, 0.1) is 56.1 Å². The number of carboxylic acid groups (broad SMARTS) is 4. The van der Waals surface area contributed by atoms with Gasteiger partial charge in [-0.2, -0.15) is 15.0 Å². The van der Waals surface area contributed by atoms with Gasteiger partial charge < -0.3 is 82.1 Å². The second-order valence-corrected chi connectivity index (χ2v) is 20.3. The van der Waals surface area contributed by atoms with E-state index in [1.807, 2.05) is 62.3 Å². The van der Waals surface area contributed by atoms with E-state index in [0.29, 0.717) is 6.42 Å². The normalized spacial score (nSPS) is 21.4. The quantitative estimate of drug-likeness (QED) is 0.0716. The molecule has 29 heteroatoms. The van der Waals surface area contributed by atoms with Crippen LogP contribution in [0, 0.1) is 58.2 Å². The molecule has 2 rings (SSSR count). The van der Waals surface area contributed by atoms with Gasteiger partial charge in [0.25, 0.3) is 12.9 Å². The molecule has 0 aromatic heterocycles. The number of hydrogen-bond acceptors (Lipinski definition) is 18. The first kappa shape index (κ1) is 108. The maximum Gasteiger partial charge on any atom is 0.397 e. The fraction of sp³-hybridized carbons (Fsp3) is 0.844. The Morgan fingerprint density at radius 1 is 0.635 bits per heavy atom. The van der Waals surface area contributed by atoms with Gasteiger partial charge in [-0.3, -0.25) is 23.7 Å². The van der Waals surface area contributed by atoms with E-state index in [9.17, 15) is 43.5 Å². The number of aliphatic hydroxyl groups is 9. The molecule has 1 saturated heterocycles. The molecule has 2 aliphatic rings. The number of hydrogen-bond donors (Lipinski definition) is 14. The van der Waals surface area contributed by atoms with Gasteiger partial charge >= 0.3 is 22.3 Å². The maximum absolute atomic E-state index is 11.0. The van der Waals surface area contributed by atoms with Crippen LogP contribution in [-0.2, 0) is 207 Å². The predicted octanol–water partition coefficient (Wildman–Crippen LogP) is 2.72. The Labute approximate surface area is 568 Å². The number of rotatable bonds is 13. The molecule has 0 spiro atoms. The summed E-state index contributed by atoms with van der Waals surface area (Å²) in [7, 11) is -4.77. The second kappa shape index (κ2) is 53.4. The van der Waals surface area contributed by atoms with Crippen LogP contribution in [0.4, 0.5) is 0 Å². The summed E-state index contributed by atoms with van der Waals surface area (Å²) in [5.41, 5.74) is -1.21. The molecule has 0 aromatic rings. The molecule has 0 amide bonds. The number of ether oxygens (including phenoxy) is 2. The van der Waals surface area contributed by atoms with Crippen LogP contribution < -0.4 is 0 Å². The first-order valence-electron chi connectivity index (χ1n) is 20.2. The van der Waals surface area contributed by atoms with Crippen LogP contribution >= 0.6 is 0 Å². The van der Waals surface area contributed by atoms with Crippen molar-refractivity contribution in [3.63, 3.8) is 0 Å². The van der Waals surface area contributed by atoms with E-state index in [1.165, 1.54) is 12.7 Å². The van der Waals surface area contributed by atoms with Crippen LogP contribution in [0.2, 0.25) is 0 Å². The van der Waals surface area contributed by atoms with Crippen LogP contribution in [0.15, 0.2) is 6.08 Å². The third-order valence-corrected chi connectivity index (χ3v) is 10.3. The molecule has 0 aliphatic carbocycles. The molecular weight excluding hydrogens is 1390 g/mol. The van der Waals surface area contributed by atoms with E-state index < -0.39 is 108 Å². The fourth-order valence-corrected chi connectivity index (χ4v) is 6.45. The smallest absolute Gasteiger partial charge is 0.397 e. The van der Waals surface area contributed by atoms with Gasteiger partial charge in [-0.1, -0.05) is 113 Å². The van der Waals surface area contributed by atoms with Crippen molar-refractivity contribution in [2.45, 2.75) is 174 Å². The third kappa shape index (κ3) is 49.1. The van der Waals surface area contributed by atoms with Crippen LogP contribution in [-0.4, -0.2) is 179 Å². The molecule has 14 N–H and O–H groups in total. The van der Waals surface area contributed by atoms with Gasteiger partial charge in [0, 0.05) is 170 Å². The van der Waals surface area contributed by atoms with Crippen molar-refractivity contribution in [1.82, 2.24) is 0 Å². The summed E-state index contributed by atoms with van der Waals surface area (Å²) in [5.74, 6) is -4.93. The molecule has 7 unspecified atom stereocenters. The summed E-state index contributed by atoms with van der Waals surface area (Å²) in [4.78, 5) is 38.3. The standard InChI is InChI=1S/C11H22O8S.C10H20O4.C9H17O4.C9H15O3.2CH2O2.4CH4.5Y/c1-11(2,3)8(4-7(5-12)10(14)15)9(6-13)19-20(16,17)18;1-10(2,3)8(6-12)4-7(5-11)9(13)14;1-9(2,3)8-7(12)6(11)5(10)4-13-8;1-9(2,3)8-7(11)6(10)4-5-12-8;2*2-1-3;;;;;;;;;/h7-9,12-13H,4-6H2,1-3H3,(H,14,15)(H,16,17,18);7-8,11-12H,4-6H2,1-3H3,(H,13,14);4-8,10-12H,1-3H3;4,6-8,10-11H,1-3H3;2*1H,(H,2,3);4*1H4;;;;;/q;;2*-1;;;;;;;;;;;/t;;5-,6-,7?,8-;6-,7?,8-;;;;;;;;;;;/m..11.........../s1. The van der Waals surface area contributed by atoms with Gasteiger partial charge in [0.1, 0.15) is 18.3 Å². The Hall–Kier alpha value is 2.41. The maximum atomic E-state index is 11.0. The van der Waals surface area contributed by atoms with Crippen molar-refractivity contribution < 1.29 is 276 Å². The summed E-state index contributed by atoms with van der Waals surface area (Å²) in [6.45, 7) is 21.4. The fourth-order valence-electron chi connectivity index (χ4n) is 5.95. The molecule has 23 nitrogen and oxygen atoms in total. The van der Waals surface area contributed by atoms with E-state index in [1.54, 1.807) is 20.8 Å². The molecule has 1 fully saturated rings. The van der Waals surface area contributed by atoms with Crippen molar-refractivity contribution in [1.29, 1.82) is 0 Å².